The van der Waals surface area contributed by atoms with Gasteiger partial charge in [0.2, 0.25) is 0 Å². The number of carboxylic acids is 1. The van der Waals surface area contributed by atoms with E-state index in [0.29, 0.717) is 6.54 Å². The highest BCUT2D eigenvalue weighted by Crippen LogP contribution is 2.25. The molecule has 1 heterocycles. The highest BCUT2D eigenvalue weighted by molar-refractivity contribution is 5.78. The Morgan fingerprint density at radius 2 is 2.10 bits per heavy atom. The third kappa shape index (κ3) is 5.06. The van der Waals surface area contributed by atoms with Gasteiger partial charge in [0.05, 0.1) is 0 Å². The first-order valence-electron chi connectivity index (χ1n) is 8.10. The number of nitrogens with zero attached hydrogens (tertiary/aromatic N) is 1. The van der Waals surface area contributed by atoms with E-state index in [9.17, 15) is 9.90 Å². The SMILES string of the molecule is CCCNC(C)(CN1CCCC(C(C)C)CC1)C(=O)O. The fourth-order valence-electron chi connectivity index (χ4n) is 3.05. The predicted molar refractivity (Wildman–Crippen MR) is 83.0 cm³/mol. The molecule has 0 aliphatic carbocycles. The standard InChI is InChI=1S/C16H32N2O2/c1-5-9-17-16(4,15(19)20)12-18-10-6-7-14(8-11-18)13(2)3/h13-14,17H,5-12H2,1-4H3,(H,19,20). The van der Waals surface area contributed by atoms with Crippen LogP contribution in [-0.2, 0) is 4.79 Å². The Kier molecular flexibility index (Phi) is 6.96. The second kappa shape index (κ2) is 7.99. The molecule has 4 nitrogen and oxygen atoms in total. The lowest BCUT2D eigenvalue weighted by molar-refractivity contribution is -0.145. The Balaban J connectivity index is 2.58. The molecule has 1 aliphatic rings. The molecule has 2 unspecified atom stereocenters. The maximum absolute atomic E-state index is 11.6. The number of carboxylic acid groups (broad SMARTS) is 1. The van der Waals surface area contributed by atoms with Crippen LogP contribution < -0.4 is 5.32 Å². The average Bonchev–Trinajstić information content (AvgIpc) is 2.61. The number of nitrogens with one attached hydrogen (secondary N) is 1. The first-order chi connectivity index (χ1) is 9.39. The zero-order valence-corrected chi connectivity index (χ0v) is 13.6. The Hall–Kier alpha value is -0.610. The Labute approximate surface area is 123 Å². The topological polar surface area (TPSA) is 52.6 Å². The lowest BCUT2D eigenvalue weighted by Gasteiger charge is -2.32. The van der Waals surface area contributed by atoms with Crippen LogP contribution in [0.15, 0.2) is 0 Å². The van der Waals surface area contributed by atoms with Crippen LogP contribution in [0.2, 0.25) is 0 Å². The number of hydrogen-bond acceptors (Lipinski definition) is 3. The van der Waals surface area contributed by atoms with Crippen LogP contribution in [-0.4, -0.2) is 47.7 Å². The van der Waals surface area contributed by atoms with Crippen LogP contribution >= 0.6 is 0 Å². The Bertz CT molecular complexity index is 307. The third-order valence-corrected chi connectivity index (χ3v) is 4.59. The normalized spacial score (nSPS) is 24.4. The maximum Gasteiger partial charge on any atom is 0.324 e. The number of carbonyl (C=O) groups is 1. The van der Waals surface area contributed by atoms with Gasteiger partial charge in [-0.2, -0.15) is 0 Å². The zero-order valence-electron chi connectivity index (χ0n) is 13.6. The van der Waals surface area contributed by atoms with Crippen LogP contribution in [0.3, 0.4) is 0 Å². The van der Waals surface area contributed by atoms with E-state index in [1.54, 1.807) is 0 Å². The molecule has 0 radical (unpaired) electrons. The molecule has 2 atom stereocenters. The molecular formula is C16H32N2O2. The molecule has 118 valence electrons. The third-order valence-electron chi connectivity index (χ3n) is 4.59. The summed E-state index contributed by atoms with van der Waals surface area (Å²) in [5, 5.41) is 12.7. The van der Waals surface area contributed by atoms with Crippen LogP contribution in [0.5, 0.6) is 0 Å². The Morgan fingerprint density at radius 3 is 2.65 bits per heavy atom. The molecule has 0 aromatic heterocycles. The molecule has 0 saturated carbocycles. The van der Waals surface area contributed by atoms with Crippen molar-refractivity contribution in [2.75, 3.05) is 26.2 Å². The molecule has 1 fully saturated rings. The minimum Gasteiger partial charge on any atom is -0.480 e. The van der Waals surface area contributed by atoms with Crippen LogP contribution in [0, 0.1) is 11.8 Å². The second-order valence-corrected chi connectivity index (χ2v) is 6.78. The van der Waals surface area contributed by atoms with Gasteiger partial charge in [-0.3, -0.25) is 4.79 Å². The predicted octanol–water partition coefficient (Wildman–Crippen LogP) is 2.59. The zero-order chi connectivity index (χ0) is 15.2. The summed E-state index contributed by atoms with van der Waals surface area (Å²) in [5.74, 6) is 0.786. The number of likely N-dealkylation sites (tertiary alicyclic amines) is 1. The number of aliphatic carboxylic acids is 1. The highest BCUT2D eigenvalue weighted by Gasteiger charge is 2.35. The van der Waals surface area contributed by atoms with Gasteiger partial charge < -0.3 is 15.3 Å². The number of hydrogen-bond donors (Lipinski definition) is 2. The van der Waals surface area contributed by atoms with Crippen LogP contribution in [0.1, 0.15) is 53.4 Å². The minimum atomic E-state index is -0.826. The summed E-state index contributed by atoms with van der Waals surface area (Å²) in [6.45, 7) is 11.9. The molecule has 4 heteroatoms. The minimum absolute atomic E-state index is 0.604. The molecule has 0 amide bonds. The second-order valence-electron chi connectivity index (χ2n) is 6.78. The van der Waals surface area contributed by atoms with Crippen molar-refractivity contribution in [2.45, 2.75) is 58.9 Å². The van der Waals surface area contributed by atoms with E-state index in [-0.39, 0.29) is 0 Å². The summed E-state index contributed by atoms with van der Waals surface area (Å²) < 4.78 is 0. The fraction of sp³-hybridized carbons (Fsp3) is 0.938. The highest BCUT2D eigenvalue weighted by atomic mass is 16.4. The first-order valence-corrected chi connectivity index (χ1v) is 8.10. The van der Waals surface area contributed by atoms with Crippen molar-refractivity contribution in [1.29, 1.82) is 0 Å². The molecule has 2 N–H and O–H groups in total. The summed E-state index contributed by atoms with van der Waals surface area (Å²) in [4.78, 5) is 13.9. The van der Waals surface area contributed by atoms with E-state index in [1.165, 1.54) is 19.3 Å². The van der Waals surface area contributed by atoms with Gasteiger partial charge in [0.25, 0.3) is 0 Å². The van der Waals surface area contributed by atoms with Gasteiger partial charge >= 0.3 is 5.97 Å². The molecule has 0 aromatic rings. The van der Waals surface area contributed by atoms with Crippen LogP contribution in [0.4, 0.5) is 0 Å². The summed E-state index contributed by atoms with van der Waals surface area (Å²) in [5.41, 5.74) is -0.826. The van der Waals surface area contributed by atoms with Crippen molar-refractivity contribution in [1.82, 2.24) is 10.2 Å². The van der Waals surface area contributed by atoms with Gasteiger partial charge in [0, 0.05) is 6.54 Å². The summed E-state index contributed by atoms with van der Waals surface area (Å²) in [6.07, 6.45) is 4.62. The largest absolute Gasteiger partial charge is 0.480 e. The first kappa shape index (κ1) is 17.4. The molecule has 1 rings (SSSR count). The molecule has 20 heavy (non-hydrogen) atoms. The van der Waals surface area contributed by atoms with Gasteiger partial charge in [0.1, 0.15) is 5.54 Å². The quantitative estimate of drug-likeness (QED) is 0.754. The molecule has 1 saturated heterocycles. The van der Waals surface area contributed by atoms with Crippen molar-refractivity contribution in [2.24, 2.45) is 11.8 Å². The molecule has 1 aliphatic heterocycles. The van der Waals surface area contributed by atoms with Gasteiger partial charge in [-0.1, -0.05) is 20.8 Å². The Morgan fingerprint density at radius 1 is 1.40 bits per heavy atom. The van der Waals surface area contributed by atoms with E-state index >= 15 is 0 Å². The van der Waals surface area contributed by atoms with Crippen molar-refractivity contribution >= 4 is 5.97 Å². The van der Waals surface area contributed by atoms with E-state index in [2.05, 4.69) is 31.0 Å². The van der Waals surface area contributed by atoms with E-state index in [0.717, 1.165) is 37.9 Å². The van der Waals surface area contributed by atoms with Crippen LogP contribution in [0.25, 0.3) is 0 Å². The van der Waals surface area contributed by atoms with E-state index < -0.39 is 11.5 Å². The van der Waals surface area contributed by atoms with Crippen molar-refractivity contribution in [3.8, 4) is 0 Å². The van der Waals surface area contributed by atoms with Gasteiger partial charge in [-0.15, -0.1) is 0 Å². The van der Waals surface area contributed by atoms with Gasteiger partial charge in [0.15, 0.2) is 0 Å². The maximum atomic E-state index is 11.6. The smallest absolute Gasteiger partial charge is 0.324 e. The summed E-state index contributed by atoms with van der Waals surface area (Å²) >= 11 is 0. The monoisotopic (exact) mass is 284 g/mol. The van der Waals surface area contributed by atoms with E-state index in [1.807, 2.05) is 6.92 Å². The summed E-state index contributed by atoms with van der Waals surface area (Å²) in [7, 11) is 0. The van der Waals surface area contributed by atoms with E-state index in [4.69, 9.17) is 0 Å². The fourth-order valence-corrected chi connectivity index (χ4v) is 3.05. The van der Waals surface area contributed by atoms with Crippen molar-refractivity contribution < 1.29 is 9.90 Å². The molecule has 0 spiro atoms. The summed E-state index contributed by atoms with van der Waals surface area (Å²) in [6, 6.07) is 0. The van der Waals surface area contributed by atoms with Crippen molar-refractivity contribution in [3.63, 3.8) is 0 Å². The van der Waals surface area contributed by atoms with Gasteiger partial charge in [-0.25, -0.2) is 0 Å². The average molecular weight is 284 g/mol. The number of rotatable bonds is 7. The van der Waals surface area contributed by atoms with Gasteiger partial charge in [-0.05, 0) is 64.1 Å². The lowest BCUT2D eigenvalue weighted by atomic mass is 9.89. The lowest BCUT2D eigenvalue weighted by Crippen LogP contribution is -2.57. The molecule has 0 aromatic carbocycles. The molecule has 0 bridgehead atoms. The van der Waals surface area contributed by atoms with Crippen molar-refractivity contribution in [3.05, 3.63) is 0 Å². The molecular weight excluding hydrogens is 252 g/mol.